The van der Waals surface area contributed by atoms with Crippen LogP contribution in [0.15, 0.2) is 0 Å². The number of aliphatic hydroxyl groups is 1. The molecule has 4 N–H and O–H groups in total. The van der Waals surface area contributed by atoms with Gasteiger partial charge >= 0.3 is 5.97 Å². The van der Waals surface area contributed by atoms with Crippen LogP contribution in [-0.4, -0.2) is 28.3 Å². The summed E-state index contributed by atoms with van der Waals surface area (Å²) in [6.45, 7) is 2.10. The van der Waals surface area contributed by atoms with Crippen LogP contribution < -0.4 is 5.73 Å². The summed E-state index contributed by atoms with van der Waals surface area (Å²) in [6, 6.07) is -1.14. The van der Waals surface area contributed by atoms with Crippen LogP contribution in [0.2, 0.25) is 0 Å². The van der Waals surface area contributed by atoms with Crippen molar-refractivity contribution in [3.8, 4) is 0 Å². The third-order valence-corrected chi connectivity index (χ3v) is 2.05. The van der Waals surface area contributed by atoms with Crippen molar-refractivity contribution in [2.75, 3.05) is 0 Å². The normalized spacial score (nSPS) is 15.3. The molecule has 0 aliphatic heterocycles. The molecule has 2 atom stereocenters. The molecular formula is C9H19NO3. The van der Waals surface area contributed by atoms with E-state index in [2.05, 4.69) is 6.92 Å². The van der Waals surface area contributed by atoms with Gasteiger partial charge in [-0.15, -0.1) is 0 Å². The standard InChI is InChI=1S/C9H19NO3/c1-2-3-4-5-6-7(11)8(10)9(12)13/h7-8,11H,2-6,10H2,1H3,(H,12,13). The van der Waals surface area contributed by atoms with Gasteiger partial charge < -0.3 is 15.9 Å². The lowest BCUT2D eigenvalue weighted by Crippen LogP contribution is -2.41. The second-order valence-electron chi connectivity index (χ2n) is 3.28. The number of unbranched alkanes of at least 4 members (excludes halogenated alkanes) is 3. The molecule has 4 nitrogen and oxygen atoms in total. The lowest BCUT2D eigenvalue weighted by atomic mass is 10.0. The van der Waals surface area contributed by atoms with Crippen LogP contribution in [0.5, 0.6) is 0 Å². The lowest BCUT2D eigenvalue weighted by Gasteiger charge is -2.14. The third kappa shape index (κ3) is 5.60. The molecule has 13 heavy (non-hydrogen) atoms. The van der Waals surface area contributed by atoms with E-state index in [1.165, 1.54) is 0 Å². The maximum Gasteiger partial charge on any atom is 0.323 e. The van der Waals surface area contributed by atoms with Crippen molar-refractivity contribution in [3.63, 3.8) is 0 Å². The minimum absolute atomic E-state index is 0.480. The lowest BCUT2D eigenvalue weighted by molar-refractivity contribution is -0.141. The molecule has 0 radical (unpaired) electrons. The first-order valence-electron chi connectivity index (χ1n) is 4.76. The van der Waals surface area contributed by atoms with Gasteiger partial charge in [0.25, 0.3) is 0 Å². The summed E-state index contributed by atoms with van der Waals surface area (Å²) in [6.07, 6.45) is 3.69. The Morgan fingerprint density at radius 3 is 2.46 bits per heavy atom. The van der Waals surface area contributed by atoms with Crippen LogP contribution in [-0.2, 0) is 4.79 Å². The Balaban J connectivity index is 3.50. The summed E-state index contributed by atoms with van der Waals surface area (Å²) >= 11 is 0. The van der Waals surface area contributed by atoms with Crippen LogP contribution in [0.25, 0.3) is 0 Å². The smallest absolute Gasteiger partial charge is 0.323 e. The number of rotatable bonds is 7. The van der Waals surface area contributed by atoms with Gasteiger partial charge in [0, 0.05) is 0 Å². The molecule has 0 aromatic carbocycles. The first-order chi connectivity index (χ1) is 6.09. The summed E-state index contributed by atoms with van der Waals surface area (Å²) in [5, 5.41) is 17.8. The quantitative estimate of drug-likeness (QED) is 0.515. The van der Waals surface area contributed by atoms with Gasteiger partial charge in [0.1, 0.15) is 6.04 Å². The number of hydrogen-bond donors (Lipinski definition) is 3. The van der Waals surface area contributed by atoms with Crippen molar-refractivity contribution in [1.29, 1.82) is 0 Å². The Morgan fingerprint density at radius 2 is 2.00 bits per heavy atom. The molecular weight excluding hydrogens is 170 g/mol. The molecule has 0 aromatic heterocycles. The topological polar surface area (TPSA) is 83.5 Å². The number of carboxylic acids is 1. The molecule has 2 unspecified atom stereocenters. The molecule has 0 fully saturated rings. The van der Waals surface area contributed by atoms with Crippen LogP contribution in [0.4, 0.5) is 0 Å². The van der Waals surface area contributed by atoms with Crippen molar-refractivity contribution in [2.24, 2.45) is 5.73 Å². The van der Waals surface area contributed by atoms with E-state index in [0.717, 1.165) is 25.7 Å². The highest BCUT2D eigenvalue weighted by molar-refractivity contribution is 5.73. The fraction of sp³-hybridized carbons (Fsp3) is 0.889. The van der Waals surface area contributed by atoms with Gasteiger partial charge in [-0.3, -0.25) is 4.79 Å². The maximum atomic E-state index is 10.3. The van der Waals surface area contributed by atoms with Crippen molar-refractivity contribution >= 4 is 5.97 Å². The summed E-state index contributed by atoms with van der Waals surface area (Å²) in [5.41, 5.74) is 5.23. The Kier molecular flexibility index (Phi) is 6.54. The number of nitrogens with two attached hydrogens (primary N) is 1. The molecule has 0 heterocycles. The molecule has 0 amide bonds. The fourth-order valence-electron chi connectivity index (χ4n) is 1.12. The number of aliphatic hydroxyl groups excluding tert-OH is 1. The van der Waals surface area contributed by atoms with E-state index >= 15 is 0 Å². The number of hydrogen-bond acceptors (Lipinski definition) is 3. The van der Waals surface area contributed by atoms with Crippen molar-refractivity contribution in [2.45, 2.75) is 51.2 Å². The van der Waals surface area contributed by atoms with E-state index in [1.807, 2.05) is 0 Å². The second kappa shape index (κ2) is 6.86. The first-order valence-corrected chi connectivity index (χ1v) is 4.76. The van der Waals surface area contributed by atoms with Crippen LogP contribution >= 0.6 is 0 Å². The van der Waals surface area contributed by atoms with Crippen molar-refractivity contribution < 1.29 is 15.0 Å². The van der Waals surface area contributed by atoms with Crippen LogP contribution in [0, 0.1) is 0 Å². The molecule has 0 spiro atoms. The molecule has 0 aromatic rings. The predicted octanol–water partition coefficient (Wildman–Crippen LogP) is 0.730. The van der Waals surface area contributed by atoms with E-state index in [0.29, 0.717) is 6.42 Å². The summed E-state index contributed by atoms with van der Waals surface area (Å²) in [4.78, 5) is 10.3. The average Bonchev–Trinajstić information content (AvgIpc) is 2.10. The zero-order valence-corrected chi connectivity index (χ0v) is 8.07. The Hall–Kier alpha value is -0.610. The van der Waals surface area contributed by atoms with E-state index in [-0.39, 0.29) is 0 Å². The SMILES string of the molecule is CCCCCCC(O)C(N)C(=O)O. The number of carboxylic acid groups (broad SMARTS) is 1. The highest BCUT2D eigenvalue weighted by Crippen LogP contribution is 2.07. The van der Waals surface area contributed by atoms with Crippen LogP contribution in [0.1, 0.15) is 39.0 Å². The molecule has 0 aliphatic carbocycles. The zero-order valence-electron chi connectivity index (χ0n) is 8.07. The van der Waals surface area contributed by atoms with E-state index < -0.39 is 18.1 Å². The van der Waals surface area contributed by atoms with Gasteiger partial charge in [-0.05, 0) is 6.42 Å². The number of carbonyl (C=O) groups is 1. The molecule has 78 valence electrons. The predicted molar refractivity (Wildman–Crippen MR) is 50.4 cm³/mol. The van der Waals surface area contributed by atoms with Gasteiger partial charge in [0.05, 0.1) is 6.10 Å². The summed E-state index contributed by atoms with van der Waals surface area (Å²) in [5.74, 6) is -1.14. The highest BCUT2D eigenvalue weighted by atomic mass is 16.4. The Morgan fingerprint density at radius 1 is 1.38 bits per heavy atom. The molecule has 0 saturated carbocycles. The third-order valence-electron chi connectivity index (χ3n) is 2.05. The van der Waals surface area contributed by atoms with Crippen molar-refractivity contribution in [1.82, 2.24) is 0 Å². The summed E-state index contributed by atoms with van der Waals surface area (Å²) in [7, 11) is 0. The molecule has 0 bridgehead atoms. The monoisotopic (exact) mass is 189 g/mol. The number of aliphatic carboxylic acids is 1. The van der Waals surface area contributed by atoms with E-state index in [9.17, 15) is 9.90 Å². The minimum atomic E-state index is -1.14. The van der Waals surface area contributed by atoms with Gasteiger partial charge in [0.2, 0.25) is 0 Å². The van der Waals surface area contributed by atoms with Gasteiger partial charge in [-0.25, -0.2) is 0 Å². The first kappa shape index (κ1) is 12.4. The minimum Gasteiger partial charge on any atom is -0.480 e. The molecule has 0 aliphatic rings. The summed E-state index contributed by atoms with van der Waals surface area (Å²) < 4.78 is 0. The average molecular weight is 189 g/mol. The van der Waals surface area contributed by atoms with E-state index in [1.54, 1.807) is 0 Å². The van der Waals surface area contributed by atoms with E-state index in [4.69, 9.17) is 10.8 Å². The molecule has 0 rings (SSSR count). The van der Waals surface area contributed by atoms with Crippen LogP contribution in [0.3, 0.4) is 0 Å². The zero-order chi connectivity index (χ0) is 10.3. The Bertz CT molecular complexity index is 150. The maximum absolute atomic E-state index is 10.3. The van der Waals surface area contributed by atoms with Gasteiger partial charge in [-0.1, -0.05) is 32.6 Å². The van der Waals surface area contributed by atoms with Gasteiger partial charge in [0.15, 0.2) is 0 Å². The molecule has 0 saturated heterocycles. The molecule has 4 heteroatoms. The fourth-order valence-corrected chi connectivity index (χ4v) is 1.12. The highest BCUT2D eigenvalue weighted by Gasteiger charge is 2.20. The largest absolute Gasteiger partial charge is 0.480 e. The Labute approximate surface area is 78.7 Å². The second-order valence-corrected chi connectivity index (χ2v) is 3.28. The van der Waals surface area contributed by atoms with Crippen molar-refractivity contribution in [3.05, 3.63) is 0 Å². The van der Waals surface area contributed by atoms with Gasteiger partial charge in [-0.2, -0.15) is 0 Å².